The van der Waals surface area contributed by atoms with Gasteiger partial charge in [0.05, 0.1) is 16.7 Å². The second-order valence-electron chi connectivity index (χ2n) is 12.8. The van der Waals surface area contributed by atoms with Gasteiger partial charge in [-0.1, -0.05) is 127 Å². The van der Waals surface area contributed by atoms with Gasteiger partial charge in [-0.25, -0.2) is 15.0 Å². The summed E-state index contributed by atoms with van der Waals surface area (Å²) in [7, 11) is 0. The van der Waals surface area contributed by atoms with Crippen LogP contribution in [-0.4, -0.2) is 19.5 Å². The largest absolute Gasteiger partial charge is 0.454 e. The molecule has 0 bridgehead atoms. The molecule has 0 saturated heterocycles. The van der Waals surface area contributed by atoms with E-state index in [-0.39, 0.29) is 0 Å². The van der Waals surface area contributed by atoms with Gasteiger partial charge in [0, 0.05) is 58.4 Å². The van der Waals surface area contributed by atoms with Crippen LogP contribution in [0.2, 0.25) is 0 Å². The lowest BCUT2D eigenvalue weighted by molar-refractivity contribution is 0.666. The Morgan fingerprint density at radius 1 is 0.431 bits per heavy atom. The molecule has 11 rings (SSSR count). The van der Waals surface area contributed by atoms with Crippen molar-refractivity contribution < 1.29 is 4.42 Å². The van der Waals surface area contributed by atoms with Gasteiger partial charge >= 0.3 is 0 Å². The van der Waals surface area contributed by atoms with E-state index in [0.29, 0.717) is 17.5 Å². The zero-order valence-electron chi connectivity index (χ0n) is 27.1. The Labute approximate surface area is 295 Å². The number of thiophene rings is 1. The standard InChI is InChI=1S/C45H26N4OS/c1-3-13-27(14-4-1)43-46-44(28-15-5-2-6-16-28)48-45(47-43)34-21-11-20-31-32-25-26-36-39(42(32)51-41(31)34)33-18-7-9-22-35(33)49(36)37-23-12-19-30-29-17-8-10-24-38(29)50-40(30)37/h1-26H. The maximum atomic E-state index is 6.55. The van der Waals surface area contributed by atoms with Gasteiger partial charge in [0.15, 0.2) is 23.1 Å². The molecule has 0 aliphatic rings. The Balaban J connectivity index is 1.19. The van der Waals surface area contributed by atoms with Crippen LogP contribution in [0.5, 0.6) is 0 Å². The molecule has 0 N–H and O–H groups in total. The molecule has 0 saturated carbocycles. The molecular weight excluding hydrogens is 645 g/mol. The lowest BCUT2D eigenvalue weighted by Gasteiger charge is -2.09. The summed E-state index contributed by atoms with van der Waals surface area (Å²) in [6.07, 6.45) is 0. The normalized spacial score (nSPS) is 11.9. The van der Waals surface area contributed by atoms with E-state index in [2.05, 4.69) is 89.5 Å². The first kappa shape index (κ1) is 28.2. The highest BCUT2D eigenvalue weighted by molar-refractivity contribution is 7.27. The number of nitrogens with zero attached hydrogens (tertiary/aromatic N) is 4. The summed E-state index contributed by atoms with van der Waals surface area (Å²) in [5.74, 6) is 1.97. The average Bonchev–Trinajstić information content (AvgIpc) is 3.88. The van der Waals surface area contributed by atoms with E-state index in [9.17, 15) is 0 Å². The van der Waals surface area contributed by atoms with Gasteiger partial charge in [0.25, 0.3) is 0 Å². The number of hydrogen-bond acceptors (Lipinski definition) is 5. The molecule has 238 valence electrons. The summed E-state index contributed by atoms with van der Waals surface area (Å²) in [5, 5.41) is 7.08. The summed E-state index contributed by atoms with van der Waals surface area (Å²) in [4.78, 5) is 15.1. The Kier molecular flexibility index (Phi) is 6.05. The van der Waals surface area contributed by atoms with Crippen LogP contribution in [0.4, 0.5) is 0 Å². The highest BCUT2D eigenvalue weighted by atomic mass is 32.1. The van der Waals surface area contributed by atoms with Crippen LogP contribution in [0.1, 0.15) is 0 Å². The molecule has 7 aromatic carbocycles. The van der Waals surface area contributed by atoms with Crippen molar-refractivity contribution in [3.63, 3.8) is 0 Å². The molecule has 0 amide bonds. The number of hydrogen-bond donors (Lipinski definition) is 0. The molecular formula is C45H26N4OS. The predicted octanol–water partition coefficient (Wildman–Crippen LogP) is 12.2. The fourth-order valence-electron chi connectivity index (χ4n) is 7.58. The molecule has 5 nitrogen and oxygen atoms in total. The van der Waals surface area contributed by atoms with Gasteiger partial charge in [0.2, 0.25) is 0 Å². The zero-order chi connectivity index (χ0) is 33.5. The highest BCUT2D eigenvalue weighted by Crippen LogP contribution is 2.46. The summed E-state index contributed by atoms with van der Waals surface area (Å²) < 4.78 is 11.3. The topological polar surface area (TPSA) is 56.7 Å². The summed E-state index contributed by atoms with van der Waals surface area (Å²) in [6.45, 7) is 0. The molecule has 51 heavy (non-hydrogen) atoms. The van der Waals surface area contributed by atoms with Crippen LogP contribution in [-0.2, 0) is 0 Å². The van der Waals surface area contributed by atoms with Gasteiger partial charge in [-0.15, -0.1) is 11.3 Å². The Morgan fingerprint density at radius 3 is 1.82 bits per heavy atom. The van der Waals surface area contributed by atoms with Gasteiger partial charge in [-0.05, 0) is 30.3 Å². The number of furan rings is 1. The maximum Gasteiger partial charge on any atom is 0.165 e. The Hall–Kier alpha value is -6.63. The third-order valence-electron chi connectivity index (χ3n) is 9.86. The third kappa shape index (κ3) is 4.24. The minimum Gasteiger partial charge on any atom is -0.454 e. The van der Waals surface area contributed by atoms with E-state index < -0.39 is 0 Å². The lowest BCUT2D eigenvalue weighted by Crippen LogP contribution is -2.00. The second-order valence-corrected chi connectivity index (χ2v) is 13.8. The second kappa shape index (κ2) is 10.9. The number of aromatic nitrogens is 4. The van der Waals surface area contributed by atoms with Gasteiger partial charge < -0.3 is 8.98 Å². The van der Waals surface area contributed by atoms with Crippen molar-refractivity contribution in [3.8, 4) is 39.9 Å². The SMILES string of the molecule is c1ccc(-c2nc(-c3ccccc3)nc(-c3cccc4c3sc3c4ccc4c3c3ccccc3n4-c3cccc4c3oc3ccccc34)n2)cc1. The van der Waals surface area contributed by atoms with E-state index in [1.54, 1.807) is 0 Å². The van der Waals surface area contributed by atoms with Crippen molar-refractivity contribution >= 4 is 75.3 Å². The zero-order valence-corrected chi connectivity index (χ0v) is 27.9. The Morgan fingerprint density at radius 2 is 1.04 bits per heavy atom. The van der Waals surface area contributed by atoms with Crippen molar-refractivity contribution in [3.05, 3.63) is 158 Å². The van der Waals surface area contributed by atoms with E-state index in [1.807, 2.05) is 84.1 Å². The van der Waals surface area contributed by atoms with Crippen molar-refractivity contribution in [1.29, 1.82) is 0 Å². The monoisotopic (exact) mass is 670 g/mol. The van der Waals surface area contributed by atoms with Gasteiger partial charge in [0.1, 0.15) is 5.58 Å². The van der Waals surface area contributed by atoms with Crippen LogP contribution < -0.4 is 0 Å². The van der Waals surface area contributed by atoms with Gasteiger partial charge in [-0.2, -0.15) is 0 Å². The van der Waals surface area contributed by atoms with Crippen LogP contribution in [0, 0.1) is 0 Å². The van der Waals surface area contributed by atoms with E-state index in [1.165, 1.54) is 26.2 Å². The first-order valence-electron chi connectivity index (χ1n) is 17.0. The number of rotatable bonds is 4. The summed E-state index contributed by atoms with van der Waals surface area (Å²) in [5.41, 5.74) is 8.00. The summed E-state index contributed by atoms with van der Waals surface area (Å²) in [6, 6.07) is 54.7. The third-order valence-corrected chi connectivity index (χ3v) is 11.1. The van der Waals surface area contributed by atoms with E-state index in [4.69, 9.17) is 19.4 Å². The smallest absolute Gasteiger partial charge is 0.165 e. The van der Waals surface area contributed by atoms with Crippen molar-refractivity contribution in [2.45, 2.75) is 0 Å². The minimum absolute atomic E-state index is 0.655. The van der Waals surface area contributed by atoms with Crippen molar-refractivity contribution in [1.82, 2.24) is 19.5 Å². The Bertz CT molecular complexity index is 3080. The predicted molar refractivity (Wildman–Crippen MR) is 211 cm³/mol. The number of benzene rings is 7. The van der Waals surface area contributed by atoms with Crippen molar-refractivity contribution in [2.24, 2.45) is 0 Å². The molecule has 0 fully saturated rings. The molecule has 6 heteroatoms. The first-order valence-corrected chi connectivity index (χ1v) is 17.8. The van der Waals surface area contributed by atoms with Crippen LogP contribution in [0.25, 0.3) is 104 Å². The average molecular weight is 671 g/mol. The lowest BCUT2D eigenvalue weighted by atomic mass is 10.1. The molecule has 0 aliphatic carbocycles. The van der Waals surface area contributed by atoms with Crippen LogP contribution in [0.3, 0.4) is 0 Å². The highest BCUT2D eigenvalue weighted by Gasteiger charge is 2.22. The van der Waals surface area contributed by atoms with Crippen LogP contribution >= 0.6 is 11.3 Å². The van der Waals surface area contributed by atoms with E-state index in [0.717, 1.165) is 60.0 Å². The molecule has 0 atom stereocenters. The minimum atomic E-state index is 0.655. The maximum absolute atomic E-state index is 6.55. The molecule has 0 radical (unpaired) electrons. The summed E-state index contributed by atoms with van der Waals surface area (Å²) >= 11 is 1.81. The van der Waals surface area contributed by atoms with Crippen LogP contribution in [0.15, 0.2) is 162 Å². The molecule has 4 aromatic heterocycles. The fraction of sp³-hybridized carbons (Fsp3) is 0. The molecule has 0 spiro atoms. The quantitative estimate of drug-likeness (QED) is 0.187. The van der Waals surface area contributed by atoms with Crippen molar-refractivity contribution in [2.75, 3.05) is 0 Å². The molecule has 11 aromatic rings. The van der Waals surface area contributed by atoms with Gasteiger partial charge in [-0.3, -0.25) is 0 Å². The number of fused-ring (bicyclic) bond motifs is 10. The number of para-hydroxylation sites is 3. The molecule has 0 aliphatic heterocycles. The van der Waals surface area contributed by atoms with E-state index >= 15 is 0 Å². The fourth-order valence-corrected chi connectivity index (χ4v) is 8.95. The molecule has 0 unspecified atom stereocenters. The first-order chi connectivity index (χ1) is 25.3. The molecule has 4 heterocycles.